The average Bonchev–Trinajstić information content (AvgIpc) is 3.52. The lowest BCUT2D eigenvalue weighted by molar-refractivity contribution is 0.0730. The van der Waals surface area contributed by atoms with E-state index in [9.17, 15) is 9.59 Å². The topological polar surface area (TPSA) is 68.1 Å². The summed E-state index contributed by atoms with van der Waals surface area (Å²) in [6, 6.07) is 24.4. The highest BCUT2D eigenvalue weighted by molar-refractivity contribution is 7.18. The SMILES string of the molecule is O=C(c1nn(-c2ccccc2)c(=O)c2ccccc12)N1CCCC1c1nc2ccccc2s1. The molecule has 1 saturated heterocycles. The maximum absolute atomic E-state index is 13.9. The van der Waals surface area contributed by atoms with E-state index >= 15 is 0 Å². The minimum absolute atomic E-state index is 0.0902. The van der Waals surface area contributed by atoms with Gasteiger partial charge in [-0.25, -0.2) is 4.98 Å². The van der Waals surface area contributed by atoms with Crippen molar-refractivity contribution in [1.29, 1.82) is 0 Å². The summed E-state index contributed by atoms with van der Waals surface area (Å²) in [6.45, 7) is 0.639. The molecule has 33 heavy (non-hydrogen) atoms. The zero-order chi connectivity index (χ0) is 22.4. The minimum Gasteiger partial charge on any atom is -0.328 e. The number of hydrogen-bond donors (Lipinski definition) is 0. The van der Waals surface area contributed by atoms with Crippen LogP contribution in [-0.4, -0.2) is 32.1 Å². The molecule has 6 nitrogen and oxygen atoms in total. The van der Waals surface area contributed by atoms with Crippen LogP contribution in [0.5, 0.6) is 0 Å². The monoisotopic (exact) mass is 452 g/mol. The first-order valence-electron chi connectivity index (χ1n) is 10.9. The Hall–Kier alpha value is -3.84. The van der Waals surface area contributed by atoms with Crippen LogP contribution in [0.3, 0.4) is 0 Å². The van der Waals surface area contributed by atoms with Crippen molar-refractivity contribution in [3.05, 3.63) is 99.9 Å². The molecule has 0 N–H and O–H groups in total. The fourth-order valence-electron chi connectivity index (χ4n) is 4.53. The van der Waals surface area contributed by atoms with Crippen LogP contribution in [0.2, 0.25) is 0 Å². The lowest BCUT2D eigenvalue weighted by Crippen LogP contribution is -2.34. The lowest BCUT2D eigenvalue weighted by Gasteiger charge is -2.23. The average molecular weight is 453 g/mol. The standard InChI is InChI=1S/C26H20N4O2S/c31-25-19-12-5-4-11-18(19)23(28-30(25)17-9-2-1-3-10-17)26(32)29-16-8-14-21(29)24-27-20-13-6-7-15-22(20)33-24/h1-7,9-13,15,21H,8,14,16H2. The van der Waals surface area contributed by atoms with Gasteiger partial charge in [-0.1, -0.05) is 48.5 Å². The van der Waals surface area contributed by atoms with Crippen LogP contribution < -0.4 is 5.56 Å². The molecule has 0 radical (unpaired) electrons. The predicted molar refractivity (Wildman–Crippen MR) is 130 cm³/mol. The van der Waals surface area contributed by atoms with Crippen LogP contribution in [0, 0.1) is 0 Å². The van der Waals surface area contributed by atoms with Crippen molar-refractivity contribution in [3.8, 4) is 5.69 Å². The second-order valence-corrected chi connectivity index (χ2v) is 9.19. The molecule has 0 aliphatic carbocycles. The van der Waals surface area contributed by atoms with Crippen molar-refractivity contribution in [3.63, 3.8) is 0 Å². The van der Waals surface area contributed by atoms with Gasteiger partial charge in [0.05, 0.1) is 27.3 Å². The van der Waals surface area contributed by atoms with E-state index in [1.165, 1.54) is 4.68 Å². The summed E-state index contributed by atoms with van der Waals surface area (Å²) in [6.07, 6.45) is 1.77. The van der Waals surface area contributed by atoms with E-state index in [1.54, 1.807) is 23.5 Å². The van der Waals surface area contributed by atoms with Gasteiger partial charge < -0.3 is 4.90 Å². The number of fused-ring (bicyclic) bond motifs is 2. The van der Waals surface area contributed by atoms with Crippen molar-refractivity contribution < 1.29 is 4.79 Å². The van der Waals surface area contributed by atoms with Crippen LogP contribution in [0.15, 0.2) is 83.7 Å². The van der Waals surface area contributed by atoms with Gasteiger partial charge in [-0.15, -0.1) is 11.3 Å². The Balaban J connectivity index is 1.48. The van der Waals surface area contributed by atoms with E-state index in [1.807, 2.05) is 65.6 Å². The summed E-state index contributed by atoms with van der Waals surface area (Å²) in [5, 5.41) is 6.59. The first kappa shape index (κ1) is 19.8. The maximum atomic E-state index is 13.9. The van der Waals surface area contributed by atoms with Crippen LogP contribution >= 0.6 is 11.3 Å². The summed E-state index contributed by atoms with van der Waals surface area (Å²) < 4.78 is 2.45. The second-order valence-electron chi connectivity index (χ2n) is 8.12. The molecule has 1 aliphatic rings. The van der Waals surface area contributed by atoms with Gasteiger partial charge in [0.25, 0.3) is 11.5 Å². The molecule has 1 unspecified atom stereocenters. The Labute approximate surface area is 193 Å². The summed E-state index contributed by atoms with van der Waals surface area (Å²) in [5.74, 6) is -0.169. The molecule has 7 heteroatoms. The Morgan fingerprint density at radius 3 is 2.45 bits per heavy atom. The van der Waals surface area contributed by atoms with E-state index in [0.717, 1.165) is 28.1 Å². The van der Waals surface area contributed by atoms with Gasteiger partial charge in [0, 0.05) is 11.9 Å². The van der Waals surface area contributed by atoms with Crippen LogP contribution in [0.25, 0.3) is 26.7 Å². The van der Waals surface area contributed by atoms with Crippen LogP contribution in [-0.2, 0) is 0 Å². The minimum atomic E-state index is -0.238. The van der Waals surface area contributed by atoms with Crippen LogP contribution in [0.1, 0.15) is 34.4 Å². The van der Waals surface area contributed by atoms with Crippen molar-refractivity contribution in [2.24, 2.45) is 0 Å². The Kier molecular flexibility index (Phi) is 4.77. The second kappa shape index (κ2) is 7.94. The van der Waals surface area contributed by atoms with E-state index in [-0.39, 0.29) is 17.5 Å². The molecule has 2 aromatic heterocycles. The number of para-hydroxylation sites is 2. The number of carbonyl (C=O) groups is 1. The third-order valence-corrected chi connectivity index (χ3v) is 7.26. The molecule has 1 fully saturated rings. The van der Waals surface area contributed by atoms with E-state index in [4.69, 9.17) is 4.98 Å². The van der Waals surface area contributed by atoms with Crippen LogP contribution in [0.4, 0.5) is 0 Å². The molecule has 3 heterocycles. The summed E-state index contributed by atoms with van der Waals surface area (Å²) in [4.78, 5) is 33.7. The molecule has 0 spiro atoms. The molecular formula is C26H20N4O2S. The molecule has 1 atom stereocenters. The van der Waals surface area contributed by atoms with Gasteiger partial charge in [0.1, 0.15) is 5.01 Å². The summed E-state index contributed by atoms with van der Waals surface area (Å²) in [5.41, 5.74) is 1.64. The smallest absolute Gasteiger partial charge is 0.279 e. The number of carbonyl (C=O) groups excluding carboxylic acids is 1. The zero-order valence-electron chi connectivity index (χ0n) is 17.7. The molecular weight excluding hydrogens is 432 g/mol. The largest absolute Gasteiger partial charge is 0.328 e. The molecule has 0 bridgehead atoms. The number of hydrogen-bond acceptors (Lipinski definition) is 5. The van der Waals surface area contributed by atoms with Gasteiger partial charge in [0.15, 0.2) is 5.69 Å². The third-order valence-electron chi connectivity index (χ3n) is 6.12. The number of benzene rings is 3. The number of rotatable bonds is 3. The van der Waals surface area contributed by atoms with E-state index in [2.05, 4.69) is 11.2 Å². The summed E-state index contributed by atoms with van der Waals surface area (Å²) >= 11 is 1.64. The maximum Gasteiger partial charge on any atom is 0.279 e. The Morgan fingerprint density at radius 1 is 0.909 bits per heavy atom. The number of amides is 1. The van der Waals surface area contributed by atoms with E-state index in [0.29, 0.717) is 28.7 Å². The van der Waals surface area contributed by atoms with Crippen molar-refractivity contribution >= 4 is 38.2 Å². The molecule has 6 rings (SSSR count). The molecule has 1 amide bonds. The molecule has 5 aromatic rings. The van der Waals surface area contributed by atoms with Gasteiger partial charge in [-0.05, 0) is 43.2 Å². The Morgan fingerprint density at radius 2 is 1.64 bits per heavy atom. The van der Waals surface area contributed by atoms with Gasteiger partial charge in [0.2, 0.25) is 0 Å². The van der Waals surface area contributed by atoms with Gasteiger partial charge in [-0.3, -0.25) is 9.59 Å². The normalized spacial score (nSPS) is 16.0. The first-order valence-corrected chi connectivity index (χ1v) is 11.8. The quantitative estimate of drug-likeness (QED) is 0.388. The van der Waals surface area contributed by atoms with Crippen molar-refractivity contribution in [1.82, 2.24) is 19.7 Å². The molecule has 0 saturated carbocycles. The highest BCUT2D eigenvalue weighted by Gasteiger charge is 2.34. The molecule has 162 valence electrons. The molecule has 3 aromatic carbocycles. The highest BCUT2D eigenvalue weighted by Crippen LogP contribution is 2.37. The zero-order valence-corrected chi connectivity index (χ0v) is 18.5. The highest BCUT2D eigenvalue weighted by atomic mass is 32.1. The first-order chi connectivity index (χ1) is 16.2. The predicted octanol–water partition coefficient (Wildman–Crippen LogP) is 4.97. The number of likely N-dealkylation sites (tertiary alicyclic amines) is 1. The Bertz CT molecular complexity index is 1520. The summed E-state index contributed by atoms with van der Waals surface area (Å²) in [7, 11) is 0. The molecule has 1 aliphatic heterocycles. The van der Waals surface area contributed by atoms with Gasteiger partial charge >= 0.3 is 0 Å². The number of aromatic nitrogens is 3. The third kappa shape index (κ3) is 3.32. The van der Waals surface area contributed by atoms with E-state index < -0.39 is 0 Å². The van der Waals surface area contributed by atoms with Crippen molar-refractivity contribution in [2.45, 2.75) is 18.9 Å². The fraction of sp³-hybridized carbons (Fsp3) is 0.154. The van der Waals surface area contributed by atoms with Gasteiger partial charge in [-0.2, -0.15) is 9.78 Å². The lowest BCUT2D eigenvalue weighted by atomic mass is 10.1. The fourth-order valence-corrected chi connectivity index (χ4v) is 5.64. The number of nitrogens with zero attached hydrogens (tertiary/aromatic N) is 4. The van der Waals surface area contributed by atoms with Crippen molar-refractivity contribution in [2.75, 3.05) is 6.54 Å². The number of thiazole rings is 1.